The van der Waals surface area contributed by atoms with E-state index in [4.69, 9.17) is 11.6 Å². The predicted molar refractivity (Wildman–Crippen MR) is 71.4 cm³/mol. The number of aromatic nitrogens is 2. The van der Waals surface area contributed by atoms with Crippen molar-refractivity contribution in [2.75, 3.05) is 6.61 Å². The van der Waals surface area contributed by atoms with E-state index in [1.54, 1.807) is 6.08 Å². The Balaban J connectivity index is 3.12. The van der Waals surface area contributed by atoms with E-state index in [0.29, 0.717) is 6.42 Å². The number of aliphatic hydroxyl groups is 1. The van der Waals surface area contributed by atoms with Gasteiger partial charge in [-0.2, -0.15) is 5.10 Å². The summed E-state index contributed by atoms with van der Waals surface area (Å²) in [6.07, 6.45) is 3.26. The van der Waals surface area contributed by atoms with Gasteiger partial charge in [-0.15, -0.1) is 6.58 Å². The van der Waals surface area contributed by atoms with Gasteiger partial charge in [-0.3, -0.25) is 4.68 Å². The first-order valence-corrected chi connectivity index (χ1v) is 6.37. The molecule has 4 heteroatoms. The summed E-state index contributed by atoms with van der Waals surface area (Å²) in [5.74, 6) is 0. The Morgan fingerprint density at radius 3 is 2.59 bits per heavy atom. The first-order valence-electron chi connectivity index (χ1n) is 5.99. The van der Waals surface area contributed by atoms with Gasteiger partial charge < -0.3 is 5.11 Å². The second-order valence-electron chi connectivity index (χ2n) is 4.57. The first-order chi connectivity index (χ1) is 8.01. The zero-order valence-corrected chi connectivity index (χ0v) is 11.6. The summed E-state index contributed by atoms with van der Waals surface area (Å²) in [5, 5.41) is 14.6. The summed E-state index contributed by atoms with van der Waals surface area (Å²) in [6.45, 7) is 10.7. The van der Waals surface area contributed by atoms with Gasteiger partial charge in [-0.05, 0) is 13.3 Å². The molecule has 1 N–H and O–H groups in total. The van der Waals surface area contributed by atoms with E-state index in [1.165, 1.54) is 0 Å². The van der Waals surface area contributed by atoms with Gasteiger partial charge in [0.25, 0.3) is 0 Å². The number of rotatable bonds is 6. The van der Waals surface area contributed by atoms with Crippen LogP contribution in [-0.2, 0) is 19.4 Å². The number of aliphatic hydroxyl groups excluding tert-OH is 1. The molecule has 0 aromatic carbocycles. The Morgan fingerprint density at radius 2 is 2.18 bits per heavy atom. The average molecular weight is 257 g/mol. The van der Waals surface area contributed by atoms with Gasteiger partial charge in [0.2, 0.25) is 0 Å². The molecule has 0 aliphatic rings. The molecule has 0 bridgehead atoms. The van der Waals surface area contributed by atoms with Gasteiger partial charge in [0.15, 0.2) is 0 Å². The average Bonchev–Trinajstić information content (AvgIpc) is 2.66. The molecule has 0 amide bonds. The van der Waals surface area contributed by atoms with Gasteiger partial charge in [0.05, 0.1) is 23.0 Å². The lowest BCUT2D eigenvalue weighted by molar-refractivity contribution is 0.182. The predicted octanol–water partition coefficient (Wildman–Crippen LogP) is 2.85. The van der Waals surface area contributed by atoms with Crippen molar-refractivity contribution in [2.24, 2.45) is 5.41 Å². The molecule has 0 aliphatic heterocycles. The van der Waals surface area contributed by atoms with Crippen molar-refractivity contribution in [1.29, 1.82) is 0 Å². The highest BCUT2D eigenvalue weighted by Crippen LogP contribution is 2.29. The van der Waals surface area contributed by atoms with Crippen molar-refractivity contribution in [3.05, 3.63) is 29.1 Å². The van der Waals surface area contributed by atoms with Crippen LogP contribution in [0.1, 0.15) is 32.2 Å². The lowest BCUT2D eigenvalue weighted by atomic mass is 9.86. The minimum absolute atomic E-state index is 0.0587. The van der Waals surface area contributed by atoms with Gasteiger partial charge in [0, 0.05) is 18.4 Å². The van der Waals surface area contributed by atoms with Crippen molar-refractivity contribution in [1.82, 2.24) is 9.78 Å². The fourth-order valence-corrected chi connectivity index (χ4v) is 2.10. The zero-order chi connectivity index (χ0) is 13.1. The molecule has 0 saturated heterocycles. The highest BCUT2D eigenvalue weighted by atomic mass is 35.5. The first kappa shape index (κ1) is 14.3. The molecule has 3 nitrogen and oxygen atoms in total. The van der Waals surface area contributed by atoms with E-state index in [0.717, 1.165) is 29.4 Å². The molecule has 1 aromatic rings. The smallest absolute Gasteiger partial charge is 0.0850 e. The number of hydrogen-bond donors (Lipinski definition) is 1. The third-order valence-corrected chi connectivity index (χ3v) is 3.56. The van der Waals surface area contributed by atoms with Gasteiger partial charge in [-0.1, -0.05) is 31.5 Å². The molecule has 96 valence electrons. The highest BCUT2D eigenvalue weighted by molar-refractivity contribution is 6.31. The Bertz CT molecular complexity index is 400. The summed E-state index contributed by atoms with van der Waals surface area (Å²) >= 11 is 6.33. The molecule has 0 saturated carbocycles. The molecular formula is C13H21ClN2O. The second-order valence-corrected chi connectivity index (χ2v) is 4.95. The van der Waals surface area contributed by atoms with Crippen LogP contribution in [0.5, 0.6) is 0 Å². The third-order valence-electron chi connectivity index (χ3n) is 3.12. The SMILES string of the molecule is C=CC(C)(CO)Cc1c(Cl)c(CC)nn1CC. The van der Waals surface area contributed by atoms with E-state index in [9.17, 15) is 5.11 Å². The maximum atomic E-state index is 9.42. The molecule has 1 heterocycles. The number of aryl methyl sites for hydroxylation is 2. The molecule has 0 radical (unpaired) electrons. The normalized spacial score (nSPS) is 14.6. The fourth-order valence-electron chi connectivity index (χ4n) is 1.76. The summed E-state index contributed by atoms with van der Waals surface area (Å²) < 4.78 is 1.92. The summed E-state index contributed by atoms with van der Waals surface area (Å²) in [7, 11) is 0. The molecule has 1 atom stereocenters. The maximum absolute atomic E-state index is 9.42. The summed E-state index contributed by atoms with van der Waals surface area (Å²) in [6, 6.07) is 0. The van der Waals surface area contributed by atoms with Crippen LogP contribution in [0.4, 0.5) is 0 Å². The van der Waals surface area contributed by atoms with Crippen molar-refractivity contribution >= 4 is 11.6 Å². The standard InChI is InChI=1S/C13H21ClN2O/c1-5-10-12(14)11(16(7-3)15-10)8-13(4,6-2)9-17/h6,17H,2,5,7-9H2,1,3-4H3. The quantitative estimate of drug-likeness (QED) is 0.795. The molecule has 1 aromatic heterocycles. The van der Waals surface area contributed by atoms with E-state index in [1.807, 2.05) is 25.5 Å². The molecule has 0 aliphatic carbocycles. The molecule has 0 spiro atoms. The van der Waals surface area contributed by atoms with Crippen LogP contribution in [-0.4, -0.2) is 21.5 Å². The lowest BCUT2D eigenvalue weighted by Crippen LogP contribution is -2.23. The highest BCUT2D eigenvalue weighted by Gasteiger charge is 2.25. The number of hydrogen-bond acceptors (Lipinski definition) is 2. The number of nitrogens with zero attached hydrogens (tertiary/aromatic N) is 2. The topological polar surface area (TPSA) is 38.1 Å². The third kappa shape index (κ3) is 2.90. The molecule has 1 rings (SSSR count). The van der Waals surface area contributed by atoms with Crippen LogP contribution in [0.25, 0.3) is 0 Å². The Labute approximate surface area is 108 Å². The number of halogens is 1. The van der Waals surface area contributed by atoms with Crippen LogP contribution >= 0.6 is 11.6 Å². The molecular weight excluding hydrogens is 236 g/mol. The van der Waals surface area contributed by atoms with Crippen LogP contribution in [0.15, 0.2) is 12.7 Å². The largest absolute Gasteiger partial charge is 0.395 e. The molecule has 0 fully saturated rings. The molecule has 1 unspecified atom stereocenters. The maximum Gasteiger partial charge on any atom is 0.0850 e. The minimum Gasteiger partial charge on any atom is -0.395 e. The van der Waals surface area contributed by atoms with Crippen LogP contribution in [0, 0.1) is 5.41 Å². The Hall–Kier alpha value is -0.800. The Kier molecular flexibility index (Phi) is 4.78. The van der Waals surface area contributed by atoms with Crippen LogP contribution < -0.4 is 0 Å². The summed E-state index contributed by atoms with van der Waals surface area (Å²) in [5.41, 5.74) is 1.57. The monoisotopic (exact) mass is 256 g/mol. The van der Waals surface area contributed by atoms with E-state index < -0.39 is 0 Å². The van der Waals surface area contributed by atoms with E-state index in [-0.39, 0.29) is 12.0 Å². The van der Waals surface area contributed by atoms with Crippen molar-refractivity contribution < 1.29 is 5.11 Å². The second kappa shape index (κ2) is 5.69. The van der Waals surface area contributed by atoms with Gasteiger partial charge in [0.1, 0.15) is 0 Å². The zero-order valence-electron chi connectivity index (χ0n) is 10.8. The van der Waals surface area contributed by atoms with Gasteiger partial charge >= 0.3 is 0 Å². The van der Waals surface area contributed by atoms with E-state index in [2.05, 4.69) is 11.7 Å². The lowest BCUT2D eigenvalue weighted by Gasteiger charge is -2.23. The van der Waals surface area contributed by atoms with Crippen molar-refractivity contribution in [3.8, 4) is 0 Å². The fraction of sp³-hybridized carbons (Fsp3) is 0.615. The van der Waals surface area contributed by atoms with Crippen molar-refractivity contribution in [2.45, 2.75) is 40.2 Å². The van der Waals surface area contributed by atoms with Crippen LogP contribution in [0.3, 0.4) is 0 Å². The minimum atomic E-state index is -0.346. The van der Waals surface area contributed by atoms with Crippen molar-refractivity contribution in [3.63, 3.8) is 0 Å². The Morgan fingerprint density at radius 1 is 1.53 bits per heavy atom. The molecule has 17 heavy (non-hydrogen) atoms. The summed E-state index contributed by atoms with van der Waals surface area (Å²) in [4.78, 5) is 0. The van der Waals surface area contributed by atoms with Crippen LogP contribution in [0.2, 0.25) is 5.02 Å². The van der Waals surface area contributed by atoms with E-state index >= 15 is 0 Å². The van der Waals surface area contributed by atoms with Gasteiger partial charge in [-0.25, -0.2) is 0 Å².